The summed E-state index contributed by atoms with van der Waals surface area (Å²) in [6.45, 7) is 7.76. The molecule has 4 heterocycles. The van der Waals surface area contributed by atoms with Crippen molar-refractivity contribution < 1.29 is 79.6 Å². The molecule has 18 nitrogen and oxygen atoms in total. The van der Waals surface area contributed by atoms with Crippen LogP contribution >= 0.6 is 0 Å². The molecular formula is C52H82N2O16. The Morgan fingerprint density at radius 2 is 1.24 bits per heavy atom. The van der Waals surface area contributed by atoms with Crippen molar-refractivity contribution in [3.05, 3.63) is 85.1 Å². The number of nitrogens with zero attached hydrogens (tertiary/aromatic N) is 1. The van der Waals surface area contributed by atoms with Gasteiger partial charge in [-0.15, -0.1) is 0 Å². The number of ether oxygens (including phenoxy) is 4. The largest absolute Gasteiger partial charge is 0.462 e. The first-order chi connectivity index (χ1) is 33.2. The number of esters is 1. The van der Waals surface area contributed by atoms with Gasteiger partial charge in [0.25, 0.3) is 0 Å². The second kappa shape index (κ2) is 29.3. The summed E-state index contributed by atoms with van der Waals surface area (Å²) >= 11 is 0. The maximum Gasteiger partial charge on any atom is 0.308 e. The lowest BCUT2D eigenvalue weighted by Crippen LogP contribution is -2.62. The van der Waals surface area contributed by atoms with Crippen molar-refractivity contribution in [1.29, 1.82) is 0 Å². The Labute approximate surface area is 412 Å². The van der Waals surface area contributed by atoms with Crippen molar-refractivity contribution in [2.75, 3.05) is 13.1 Å². The van der Waals surface area contributed by atoms with Gasteiger partial charge in [0.15, 0.2) is 12.1 Å². The highest BCUT2D eigenvalue weighted by atomic mass is 16.7. The van der Waals surface area contributed by atoms with E-state index in [0.717, 1.165) is 19.3 Å². The van der Waals surface area contributed by atoms with Crippen molar-refractivity contribution in [3.63, 3.8) is 0 Å². The molecule has 0 aromatic heterocycles. The van der Waals surface area contributed by atoms with Gasteiger partial charge in [0.2, 0.25) is 5.91 Å². The van der Waals surface area contributed by atoms with Crippen LogP contribution in [0.5, 0.6) is 0 Å². The van der Waals surface area contributed by atoms with Gasteiger partial charge in [-0.1, -0.05) is 98.9 Å². The number of carbonyl (C=O) groups is 2. The molecule has 4 aliphatic heterocycles. The number of aliphatic hydroxyl groups is 10. The number of hydrogen-bond acceptors (Lipinski definition) is 17. The van der Waals surface area contributed by atoms with E-state index in [-0.39, 0.29) is 37.5 Å². The first kappa shape index (κ1) is 59.1. The lowest BCUT2D eigenvalue weighted by Gasteiger charge is -2.47. The maximum atomic E-state index is 14.2. The summed E-state index contributed by atoms with van der Waals surface area (Å²) in [7, 11) is 0. The molecule has 0 radical (unpaired) electrons. The van der Waals surface area contributed by atoms with Gasteiger partial charge in [0.05, 0.1) is 85.5 Å². The van der Waals surface area contributed by atoms with Gasteiger partial charge >= 0.3 is 5.97 Å². The Bertz CT molecular complexity index is 1800. The molecule has 2 bridgehead atoms. The number of aliphatic hydroxyl groups excluding tert-OH is 9. The molecule has 4 rings (SSSR count). The van der Waals surface area contributed by atoms with Crippen LogP contribution in [0.1, 0.15) is 98.3 Å². The fraction of sp³-hybridized carbons (Fsp3) is 0.692. The van der Waals surface area contributed by atoms with Crippen LogP contribution < -0.4 is 5.73 Å². The number of rotatable bonds is 3. The van der Waals surface area contributed by atoms with Crippen LogP contribution in [0.4, 0.5) is 0 Å². The average Bonchev–Trinajstić information content (AvgIpc) is 3.30. The summed E-state index contributed by atoms with van der Waals surface area (Å²) in [5, 5.41) is 110. The summed E-state index contributed by atoms with van der Waals surface area (Å²) in [5.74, 6) is -5.24. The Morgan fingerprint density at radius 3 is 1.86 bits per heavy atom. The van der Waals surface area contributed by atoms with Crippen LogP contribution in [0, 0.1) is 17.8 Å². The predicted octanol–water partition coefficient (Wildman–Crippen LogP) is 1.64. The first-order valence-electron chi connectivity index (χ1n) is 25.0. The standard InChI is InChI=1S/C52H82N2O16/c1-32-20-16-13-11-9-7-5-6-8-10-12-14-17-21-39(69-51-49(64)46(53)48(63)35(4)68-51)29-43-45(50(65)54-24-18-15-19-25-54)42(60)31-52(66,70-43)30-38(57)27-41(59)40(58)23-22-36(55)26-37(56)28-44(61)67-34(3)33(2)47(32)62/h5-14,16-17,20-21,32-43,45-49,51,55-60,62-64,66H,15,18-19,22-31,53H2,1-4H3/b6-5+,9-7+,10-8+,13-11+,14-12+,20-16+,21-17+/t32-,33-,34-,35+,36+,37+,38-,39-,40+,41+,42-,43?,45+,46-,47+,48+,49-,51?,52+/m0/s1. The van der Waals surface area contributed by atoms with Crippen LogP contribution in [0.15, 0.2) is 85.1 Å². The Morgan fingerprint density at radius 1 is 0.657 bits per heavy atom. The summed E-state index contributed by atoms with van der Waals surface area (Å²) in [6.07, 6.45) is 7.94. The minimum atomic E-state index is -2.24. The zero-order valence-electron chi connectivity index (χ0n) is 41.1. The smallest absolute Gasteiger partial charge is 0.308 e. The third-order valence-corrected chi connectivity index (χ3v) is 13.7. The quantitative estimate of drug-likeness (QED) is 0.179. The molecule has 19 atom stereocenters. The van der Waals surface area contributed by atoms with Gasteiger partial charge in [0.1, 0.15) is 12.2 Å². The van der Waals surface area contributed by atoms with Crippen molar-refractivity contribution in [3.8, 4) is 0 Å². The molecule has 3 saturated heterocycles. The van der Waals surface area contributed by atoms with E-state index in [1.807, 2.05) is 55.5 Å². The van der Waals surface area contributed by atoms with Crippen molar-refractivity contribution in [2.24, 2.45) is 23.5 Å². The minimum Gasteiger partial charge on any atom is -0.462 e. The molecule has 0 saturated carbocycles. The fourth-order valence-corrected chi connectivity index (χ4v) is 9.29. The molecule has 2 unspecified atom stereocenters. The van der Waals surface area contributed by atoms with Gasteiger partial charge in [-0.05, 0) is 52.4 Å². The van der Waals surface area contributed by atoms with Crippen molar-refractivity contribution in [1.82, 2.24) is 4.90 Å². The van der Waals surface area contributed by atoms with E-state index in [1.54, 1.807) is 62.1 Å². The number of amides is 1. The molecule has 396 valence electrons. The first-order valence-corrected chi connectivity index (χ1v) is 25.0. The van der Waals surface area contributed by atoms with Gasteiger partial charge in [-0.3, -0.25) is 9.59 Å². The number of piperidine rings is 1. The number of likely N-dealkylation sites (tertiary alicyclic amines) is 1. The molecule has 18 heteroatoms. The molecule has 0 aromatic carbocycles. The number of cyclic esters (lactones) is 1. The second-order valence-electron chi connectivity index (χ2n) is 19.6. The van der Waals surface area contributed by atoms with E-state index < -0.39 is 141 Å². The number of nitrogens with two attached hydrogens (primary N) is 1. The van der Waals surface area contributed by atoms with E-state index >= 15 is 0 Å². The lowest BCUT2D eigenvalue weighted by atomic mass is 9.81. The van der Waals surface area contributed by atoms with Crippen molar-refractivity contribution in [2.45, 2.75) is 196 Å². The second-order valence-corrected chi connectivity index (χ2v) is 19.6. The van der Waals surface area contributed by atoms with Crippen LogP contribution in [-0.2, 0) is 28.5 Å². The highest BCUT2D eigenvalue weighted by molar-refractivity contribution is 5.80. The predicted molar refractivity (Wildman–Crippen MR) is 260 cm³/mol. The third kappa shape index (κ3) is 18.9. The maximum absolute atomic E-state index is 14.2. The fourth-order valence-electron chi connectivity index (χ4n) is 9.29. The van der Waals surface area contributed by atoms with Crippen LogP contribution in [0.3, 0.4) is 0 Å². The average molecular weight is 991 g/mol. The highest BCUT2D eigenvalue weighted by Gasteiger charge is 2.51. The van der Waals surface area contributed by atoms with Crippen LogP contribution in [-0.4, -0.2) is 178 Å². The Hall–Kier alpha value is -3.44. The highest BCUT2D eigenvalue weighted by Crippen LogP contribution is 2.39. The van der Waals surface area contributed by atoms with Crippen LogP contribution in [0.25, 0.3) is 0 Å². The van der Waals surface area contributed by atoms with E-state index in [1.165, 1.54) is 0 Å². The monoisotopic (exact) mass is 991 g/mol. The molecule has 1 amide bonds. The molecule has 12 N–H and O–H groups in total. The summed E-state index contributed by atoms with van der Waals surface area (Å²) in [6, 6.07) is -1.11. The summed E-state index contributed by atoms with van der Waals surface area (Å²) in [4.78, 5) is 28.5. The zero-order chi connectivity index (χ0) is 51.5. The van der Waals surface area contributed by atoms with Gasteiger partial charge < -0.3 is 80.6 Å². The molecule has 4 aliphatic rings. The molecule has 0 aromatic rings. The van der Waals surface area contributed by atoms with Crippen LogP contribution in [0.2, 0.25) is 0 Å². The molecule has 70 heavy (non-hydrogen) atoms. The number of allylic oxidation sites excluding steroid dienone is 12. The van der Waals surface area contributed by atoms with Crippen molar-refractivity contribution >= 4 is 11.9 Å². The molecule has 3 fully saturated rings. The normalized spacial score (nSPS) is 44.4. The summed E-state index contributed by atoms with van der Waals surface area (Å²) in [5.41, 5.74) is 6.13. The number of carbonyl (C=O) groups excluding carboxylic acids is 2. The number of fused-ring (bicyclic) bond motifs is 2. The molecule has 0 spiro atoms. The topological polar surface area (TPSA) is 303 Å². The van der Waals surface area contributed by atoms with E-state index in [0.29, 0.717) is 13.1 Å². The van der Waals surface area contributed by atoms with Gasteiger partial charge in [-0.2, -0.15) is 0 Å². The molecular weight excluding hydrogens is 909 g/mol. The molecule has 0 aliphatic carbocycles. The summed E-state index contributed by atoms with van der Waals surface area (Å²) < 4.78 is 23.9. The zero-order valence-corrected chi connectivity index (χ0v) is 41.1. The number of hydrogen-bond donors (Lipinski definition) is 11. The SMILES string of the molecule is C[C@@H]1[C@H](O)[C@@H](C)/C=C/C=C/C=C/C=C/C=C/C=C/C=C/[C@H](OC2O[C@H](C)[C@@H](O)[C@H](N)[C@@H]2O)CC2O[C@](O)(C[C@@H](O)C[C@@H](O)[C@H](O)CC[C@@H](O)C[C@@H](O)CC(=O)O[C@H]1C)C[C@H](O)[C@H]2C(=O)N1CCCCC1. The van der Waals surface area contributed by atoms with E-state index in [2.05, 4.69) is 0 Å². The van der Waals surface area contributed by atoms with E-state index in [4.69, 9.17) is 24.7 Å². The van der Waals surface area contributed by atoms with E-state index in [9.17, 15) is 60.7 Å². The Kier molecular flexibility index (Phi) is 24.8. The Balaban J connectivity index is 1.60. The third-order valence-electron chi connectivity index (χ3n) is 13.7. The lowest BCUT2D eigenvalue weighted by molar-refractivity contribution is -0.308. The van der Waals surface area contributed by atoms with Gasteiger partial charge in [0, 0.05) is 50.6 Å². The minimum absolute atomic E-state index is 0.0835. The van der Waals surface area contributed by atoms with Gasteiger partial charge in [-0.25, -0.2) is 0 Å².